The second-order valence-electron chi connectivity index (χ2n) is 3.51. The van der Waals surface area contributed by atoms with Gasteiger partial charge in [-0.05, 0) is 25.5 Å². The number of hydrogen-bond acceptors (Lipinski definition) is 3. The first-order valence-electron chi connectivity index (χ1n) is 5.17. The van der Waals surface area contributed by atoms with Crippen molar-refractivity contribution in [1.29, 1.82) is 0 Å². The van der Waals surface area contributed by atoms with Crippen molar-refractivity contribution in [3.8, 4) is 0 Å². The molecule has 1 heterocycles. The van der Waals surface area contributed by atoms with E-state index in [1.165, 1.54) is 0 Å². The van der Waals surface area contributed by atoms with E-state index >= 15 is 0 Å². The minimum absolute atomic E-state index is 0.0438. The first kappa shape index (κ1) is 11.8. The van der Waals surface area contributed by atoms with Gasteiger partial charge in [0.25, 0.3) is 5.91 Å². The van der Waals surface area contributed by atoms with E-state index in [0.717, 1.165) is 12.2 Å². The van der Waals surface area contributed by atoms with Gasteiger partial charge in [0.15, 0.2) is 5.76 Å². The highest BCUT2D eigenvalue weighted by Gasteiger charge is 2.12. The molecule has 0 bridgehead atoms. The molecule has 1 rings (SSSR count). The van der Waals surface area contributed by atoms with Crippen LogP contribution in [0.1, 0.15) is 36.6 Å². The van der Waals surface area contributed by atoms with Crippen molar-refractivity contribution in [2.75, 3.05) is 6.61 Å². The normalized spacial score (nSPS) is 12.5. The van der Waals surface area contributed by atoms with Crippen molar-refractivity contribution in [1.82, 2.24) is 5.32 Å². The second kappa shape index (κ2) is 5.56. The highest BCUT2D eigenvalue weighted by molar-refractivity contribution is 5.91. The minimum Gasteiger partial charge on any atom is -0.456 e. The van der Waals surface area contributed by atoms with Gasteiger partial charge in [0.05, 0.1) is 0 Å². The van der Waals surface area contributed by atoms with Crippen LogP contribution in [0.3, 0.4) is 0 Å². The van der Waals surface area contributed by atoms with Gasteiger partial charge in [-0.1, -0.05) is 6.92 Å². The fraction of sp³-hybridized carbons (Fsp3) is 0.545. The Hall–Kier alpha value is -1.29. The number of carbonyl (C=O) groups excluding carboxylic acids is 1. The topological polar surface area (TPSA) is 62.5 Å². The average molecular weight is 211 g/mol. The van der Waals surface area contributed by atoms with Crippen LogP contribution < -0.4 is 5.32 Å². The number of hydrogen-bond donors (Lipinski definition) is 2. The van der Waals surface area contributed by atoms with Crippen molar-refractivity contribution in [3.05, 3.63) is 23.7 Å². The standard InChI is InChI=1S/C11H17NO3/c1-3-9-4-5-10(15-9)11(14)12-8(2)6-7-13/h4-5,8,13H,3,6-7H2,1-2H3,(H,12,14). The maximum Gasteiger partial charge on any atom is 0.287 e. The number of rotatable bonds is 5. The van der Waals surface area contributed by atoms with Gasteiger partial charge in [-0.15, -0.1) is 0 Å². The molecule has 0 aliphatic heterocycles. The molecule has 1 aromatic rings. The van der Waals surface area contributed by atoms with E-state index in [1.54, 1.807) is 12.1 Å². The van der Waals surface area contributed by atoms with Crippen LogP contribution in [0.2, 0.25) is 0 Å². The molecule has 0 radical (unpaired) electrons. The van der Waals surface area contributed by atoms with Gasteiger partial charge in [-0.2, -0.15) is 0 Å². The molecule has 1 atom stereocenters. The lowest BCUT2D eigenvalue weighted by Crippen LogP contribution is -2.32. The Balaban J connectivity index is 2.53. The summed E-state index contributed by atoms with van der Waals surface area (Å²) in [6.45, 7) is 3.88. The molecule has 0 aliphatic carbocycles. The summed E-state index contributed by atoms with van der Waals surface area (Å²) in [5.74, 6) is 0.905. The summed E-state index contributed by atoms with van der Waals surface area (Å²) in [6, 6.07) is 3.42. The summed E-state index contributed by atoms with van der Waals surface area (Å²) in [5.41, 5.74) is 0. The number of amides is 1. The minimum atomic E-state index is -0.226. The third-order valence-electron chi connectivity index (χ3n) is 2.17. The molecule has 1 aromatic heterocycles. The van der Waals surface area contributed by atoms with E-state index in [4.69, 9.17) is 9.52 Å². The molecule has 0 aromatic carbocycles. The first-order chi connectivity index (χ1) is 7.17. The molecule has 1 unspecified atom stereocenters. The molecular formula is C11H17NO3. The van der Waals surface area contributed by atoms with E-state index in [1.807, 2.05) is 13.8 Å². The number of aliphatic hydroxyl groups excluding tert-OH is 1. The van der Waals surface area contributed by atoms with Gasteiger partial charge in [0.2, 0.25) is 0 Å². The van der Waals surface area contributed by atoms with Crippen molar-refractivity contribution in [2.45, 2.75) is 32.7 Å². The number of aryl methyl sites for hydroxylation is 1. The van der Waals surface area contributed by atoms with Crippen LogP contribution in [-0.4, -0.2) is 23.7 Å². The molecule has 4 heteroatoms. The molecule has 4 nitrogen and oxygen atoms in total. The van der Waals surface area contributed by atoms with Crippen LogP contribution >= 0.6 is 0 Å². The van der Waals surface area contributed by atoms with Gasteiger partial charge in [0, 0.05) is 19.1 Å². The molecule has 84 valence electrons. The monoisotopic (exact) mass is 211 g/mol. The molecular weight excluding hydrogens is 194 g/mol. The van der Waals surface area contributed by atoms with Gasteiger partial charge in [-0.25, -0.2) is 0 Å². The third-order valence-corrected chi connectivity index (χ3v) is 2.17. The number of nitrogens with one attached hydrogen (secondary N) is 1. The molecule has 0 fully saturated rings. The van der Waals surface area contributed by atoms with Crippen LogP contribution in [0.15, 0.2) is 16.5 Å². The summed E-state index contributed by atoms with van der Waals surface area (Å²) < 4.78 is 5.30. The number of aliphatic hydroxyl groups is 1. The van der Waals surface area contributed by atoms with Gasteiger partial charge in [-0.3, -0.25) is 4.79 Å². The van der Waals surface area contributed by atoms with Crippen LogP contribution in [0, 0.1) is 0 Å². The quantitative estimate of drug-likeness (QED) is 0.772. The summed E-state index contributed by atoms with van der Waals surface area (Å²) in [5, 5.41) is 11.4. The van der Waals surface area contributed by atoms with Crippen molar-refractivity contribution in [2.24, 2.45) is 0 Å². The van der Waals surface area contributed by atoms with Crippen molar-refractivity contribution >= 4 is 5.91 Å². The predicted molar refractivity (Wildman–Crippen MR) is 56.7 cm³/mol. The van der Waals surface area contributed by atoms with Crippen molar-refractivity contribution in [3.63, 3.8) is 0 Å². The molecule has 0 saturated carbocycles. The Morgan fingerprint density at radius 3 is 2.87 bits per heavy atom. The Morgan fingerprint density at radius 1 is 1.60 bits per heavy atom. The van der Waals surface area contributed by atoms with Crippen molar-refractivity contribution < 1.29 is 14.3 Å². The Kier molecular flexibility index (Phi) is 4.37. The highest BCUT2D eigenvalue weighted by Crippen LogP contribution is 2.08. The predicted octanol–water partition coefficient (Wildman–Crippen LogP) is 1.34. The Bertz CT molecular complexity index is 319. The van der Waals surface area contributed by atoms with Crippen LogP contribution in [0.5, 0.6) is 0 Å². The van der Waals surface area contributed by atoms with E-state index in [-0.39, 0.29) is 18.6 Å². The van der Waals surface area contributed by atoms with E-state index in [9.17, 15) is 4.79 Å². The average Bonchev–Trinajstić information content (AvgIpc) is 2.66. The summed E-state index contributed by atoms with van der Waals surface area (Å²) >= 11 is 0. The van der Waals surface area contributed by atoms with Crippen LogP contribution in [0.4, 0.5) is 0 Å². The maximum atomic E-state index is 11.6. The number of furan rings is 1. The lowest BCUT2D eigenvalue weighted by Gasteiger charge is -2.10. The Morgan fingerprint density at radius 2 is 2.33 bits per heavy atom. The second-order valence-corrected chi connectivity index (χ2v) is 3.51. The van der Waals surface area contributed by atoms with Crippen LogP contribution in [0.25, 0.3) is 0 Å². The molecule has 1 amide bonds. The highest BCUT2D eigenvalue weighted by atomic mass is 16.3. The van der Waals surface area contributed by atoms with E-state index in [0.29, 0.717) is 12.2 Å². The zero-order chi connectivity index (χ0) is 11.3. The molecule has 0 spiro atoms. The first-order valence-corrected chi connectivity index (χ1v) is 5.17. The third kappa shape index (κ3) is 3.40. The molecule has 15 heavy (non-hydrogen) atoms. The van der Waals surface area contributed by atoms with Gasteiger partial charge in [0.1, 0.15) is 5.76 Å². The lowest BCUT2D eigenvalue weighted by molar-refractivity contribution is 0.0904. The summed E-state index contributed by atoms with van der Waals surface area (Å²) in [4.78, 5) is 11.6. The largest absolute Gasteiger partial charge is 0.456 e. The van der Waals surface area contributed by atoms with Gasteiger partial charge < -0.3 is 14.8 Å². The summed E-state index contributed by atoms with van der Waals surface area (Å²) in [6.07, 6.45) is 1.33. The smallest absolute Gasteiger partial charge is 0.287 e. The SMILES string of the molecule is CCc1ccc(C(=O)NC(C)CCO)o1. The van der Waals surface area contributed by atoms with E-state index in [2.05, 4.69) is 5.32 Å². The number of carbonyl (C=O) groups is 1. The zero-order valence-corrected chi connectivity index (χ0v) is 9.12. The fourth-order valence-electron chi connectivity index (χ4n) is 1.25. The van der Waals surface area contributed by atoms with Gasteiger partial charge >= 0.3 is 0 Å². The maximum absolute atomic E-state index is 11.6. The molecule has 0 aliphatic rings. The summed E-state index contributed by atoms with van der Waals surface area (Å²) in [7, 11) is 0. The zero-order valence-electron chi connectivity index (χ0n) is 9.12. The van der Waals surface area contributed by atoms with E-state index < -0.39 is 0 Å². The molecule has 0 saturated heterocycles. The lowest BCUT2D eigenvalue weighted by atomic mass is 10.2. The Labute approximate surface area is 89.3 Å². The molecule has 2 N–H and O–H groups in total. The van der Waals surface area contributed by atoms with Crippen LogP contribution in [-0.2, 0) is 6.42 Å². The fourth-order valence-corrected chi connectivity index (χ4v) is 1.25.